The molecule has 4 nitrogen and oxygen atoms in total. The van der Waals surface area contributed by atoms with Gasteiger partial charge in [0.1, 0.15) is 5.56 Å². The molecule has 0 aliphatic carbocycles. The van der Waals surface area contributed by atoms with Crippen LogP contribution in [0.5, 0.6) is 0 Å². The van der Waals surface area contributed by atoms with Crippen LogP contribution in [-0.4, -0.2) is 10.2 Å². The first-order valence-corrected chi connectivity index (χ1v) is 3.31. The third-order valence-corrected chi connectivity index (χ3v) is 1.37. The first-order valence-electron chi connectivity index (χ1n) is 3.31. The van der Waals surface area contributed by atoms with Crippen molar-refractivity contribution in [2.24, 2.45) is 5.73 Å². The number of H-pyrrole nitrogens is 1. The van der Waals surface area contributed by atoms with E-state index < -0.39 is 17.3 Å². The van der Waals surface area contributed by atoms with Gasteiger partial charge in [-0.3, -0.25) is 4.79 Å². The lowest BCUT2D eigenvalue weighted by Crippen LogP contribution is -2.23. The van der Waals surface area contributed by atoms with Crippen LogP contribution in [0.2, 0.25) is 0 Å². The van der Waals surface area contributed by atoms with E-state index in [4.69, 9.17) is 5.73 Å². The molecule has 0 amide bonds. The minimum absolute atomic E-state index is 0. The fourth-order valence-electron chi connectivity index (χ4n) is 0.762. The molecule has 80 valence electrons. The fourth-order valence-corrected chi connectivity index (χ4v) is 0.762. The molecular formula is C6H7ClF3N3O. The van der Waals surface area contributed by atoms with Crippen LogP contribution < -0.4 is 11.3 Å². The molecule has 0 aliphatic heterocycles. The third kappa shape index (κ3) is 2.71. The quantitative estimate of drug-likeness (QED) is 0.744. The molecule has 0 saturated heterocycles. The van der Waals surface area contributed by atoms with Crippen LogP contribution in [0.1, 0.15) is 11.3 Å². The van der Waals surface area contributed by atoms with Crippen LogP contribution in [0.15, 0.2) is 10.9 Å². The van der Waals surface area contributed by atoms with E-state index in [2.05, 4.69) is 5.10 Å². The number of aromatic amines is 1. The predicted molar refractivity (Wildman–Crippen MR) is 45.0 cm³/mol. The number of aromatic nitrogens is 2. The fraction of sp³-hybridized carbons (Fsp3) is 0.333. The number of hydrogen-bond acceptors (Lipinski definition) is 3. The Morgan fingerprint density at radius 3 is 2.50 bits per heavy atom. The number of nitrogens with two attached hydrogens (primary N) is 1. The molecule has 3 N–H and O–H groups in total. The van der Waals surface area contributed by atoms with E-state index in [1.807, 2.05) is 0 Å². The number of hydrogen-bond donors (Lipinski definition) is 2. The van der Waals surface area contributed by atoms with Gasteiger partial charge < -0.3 is 5.73 Å². The van der Waals surface area contributed by atoms with Crippen molar-refractivity contribution in [3.8, 4) is 0 Å². The van der Waals surface area contributed by atoms with Gasteiger partial charge >= 0.3 is 6.18 Å². The summed E-state index contributed by atoms with van der Waals surface area (Å²) in [6, 6.07) is 0.638. The highest BCUT2D eigenvalue weighted by Gasteiger charge is 2.34. The van der Waals surface area contributed by atoms with Gasteiger partial charge in [0.2, 0.25) is 0 Å². The number of rotatable bonds is 1. The van der Waals surface area contributed by atoms with E-state index >= 15 is 0 Å². The molecule has 8 heteroatoms. The molecule has 0 bridgehead atoms. The summed E-state index contributed by atoms with van der Waals surface area (Å²) in [4.78, 5) is 10.7. The Labute approximate surface area is 82.7 Å². The first-order chi connectivity index (χ1) is 5.95. The molecule has 0 unspecified atom stereocenters. The Kier molecular flexibility index (Phi) is 4.08. The average molecular weight is 230 g/mol. The zero-order valence-corrected chi connectivity index (χ0v) is 7.58. The predicted octanol–water partition coefficient (Wildman–Crippen LogP) is 0.669. The van der Waals surface area contributed by atoms with Gasteiger partial charge in [-0.05, 0) is 6.07 Å². The molecule has 14 heavy (non-hydrogen) atoms. The zero-order valence-electron chi connectivity index (χ0n) is 6.76. The van der Waals surface area contributed by atoms with Crippen molar-refractivity contribution in [2.75, 3.05) is 0 Å². The van der Waals surface area contributed by atoms with Crippen molar-refractivity contribution in [3.63, 3.8) is 0 Å². The average Bonchev–Trinajstić information content (AvgIpc) is 2.03. The monoisotopic (exact) mass is 229 g/mol. The van der Waals surface area contributed by atoms with Gasteiger partial charge in [-0.2, -0.15) is 18.3 Å². The van der Waals surface area contributed by atoms with E-state index in [0.29, 0.717) is 6.07 Å². The summed E-state index contributed by atoms with van der Waals surface area (Å²) in [5.74, 6) is 0. The SMILES string of the molecule is Cl.NCc1cc(C(F)(F)F)c(=O)[nH]n1. The van der Waals surface area contributed by atoms with Gasteiger partial charge in [-0.25, -0.2) is 5.10 Å². The standard InChI is InChI=1S/C6H6F3N3O.ClH/c7-6(8,9)4-1-3(2-10)11-12-5(4)13;/h1H,2,10H2,(H,12,13);1H. The lowest BCUT2D eigenvalue weighted by molar-refractivity contribution is -0.138. The molecule has 0 radical (unpaired) electrons. The Morgan fingerprint density at radius 2 is 2.07 bits per heavy atom. The molecule has 0 atom stereocenters. The highest BCUT2D eigenvalue weighted by atomic mass is 35.5. The van der Waals surface area contributed by atoms with Crippen molar-refractivity contribution < 1.29 is 13.2 Å². The second-order valence-electron chi connectivity index (χ2n) is 2.30. The summed E-state index contributed by atoms with van der Waals surface area (Å²) in [6.45, 7) is -0.153. The largest absolute Gasteiger partial charge is 0.421 e. The van der Waals surface area contributed by atoms with E-state index in [9.17, 15) is 18.0 Å². The number of nitrogens with zero attached hydrogens (tertiary/aromatic N) is 1. The molecule has 0 aliphatic rings. The second-order valence-corrected chi connectivity index (χ2v) is 2.30. The number of halogens is 4. The summed E-state index contributed by atoms with van der Waals surface area (Å²) in [7, 11) is 0. The van der Waals surface area contributed by atoms with Crippen molar-refractivity contribution in [2.45, 2.75) is 12.7 Å². The summed E-state index contributed by atoms with van der Waals surface area (Å²) in [5, 5.41) is 5.03. The van der Waals surface area contributed by atoms with E-state index in [-0.39, 0.29) is 24.6 Å². The van der Waals surface area contributed by atoms with Crippen LogP contribution in [0.25, 0.3) is 0 Å². The smallest absolute Gasteiger partial charge is 0.325 e. The zero-order chi connectivity index (χ0) is 10.1. The Hall–Kier alpha value is -1.08. The van der Waals surface area contributed by atoms with Crippen molar-refractivity contribution >= 4 is 12.4 Å². The van der Waals surface area contributed by atoms with Gasteiger partial charge in [0.25, 0.3) is 5.56 Å². The normalized spacial score (nSPS) is 10.9. The highest BCUT2D eigenvalue weighted by Crippen LogP contribution is 2.26. The van der Waals surface area contributed by atoms with E-state index in [1.165, 1.54) is 0 Å². The third-order valence-electron chi connectivity index (χ3n) is 1.37. The van der Waals surface area contributed by atoms with E-state index in [0.717, 1.165) is 0 Å². The maximum absolute atomic E-state index is 12.1. The highest BCUT2D eigenvalue weighted by molar-refractivity contribution is 5.85. The molecule has 1 heterocycles. The van der Waals surface area contributed by atoms with Gasteiger partial charge in [0.15, 0.2) is 0 Å². The van der Waals surface area contributed by atoms with Crippen LogP contribution in [0.4, 0.5) is 13.2 Å². The maximum atomic E-state index is 12.1. The summed E-state index contributed by atoms with van der Waals surface area (Å²) < 4.78 is 36.2. The molecule has 1 aromatic rings. The van der Waals surface area contributed by atoms with Gasteiger partial charge in [0, 0.05) is 6.54 Å². The minimum atomic E-state index is -4.67. The topological polar surface area (TPSA) is 71.8 Å². The Bertz CT molecular complexity index is 362. The lowest BCUT2D eigenvalue weighted by Gasteiger charge is -2.05. The minimum Gasteiger partial charge on any atom is -0.325 e. The second kappa shape index (κ2) is 4.43. The van der Waals surface area contributed by atoms with Crippen LogP contribution in [0.3, 0.4) is 0 Å². The summed E-state index contributed by atoms with van der Waals surface area (Å²) >= 11 is 0. The number of nitrogens with one attached hydrogen (secondary N) is 1. The molecule has 0 saturated carbocycles. The molecule has 0 fully saturated rings. The van der Waals surface area contributed by atoms with Crippen LogP contribution in [-0.2, 0) is 12.7 Å². The van der Waals surface area contributed by atoms with E-state index in [1.54, 1.807) is 5.10 Å². The van der Waals surface area contributed by atoms with Crippen molar-refractivity contribution in [1.82, 2.24) is 10.2 Å². The number of alkyl halides is 3. The molecular weight excluding hydrogens is 223 g/mol. The van der Waals surface area contributed by atoms with Crippen molar-refractivity contribution in [3.05, 3.63) is 27.7 Å². The summed E-state index contributed by atoms with van der Waals surface area (Å²) in [5.41, 5.74) is 2.52. The van der Waals surface area contributed by atoms with Crippen LogP contribution in [0, 0.1) is 0 Å². The molecule has 1 rings (SSSR count). The lowest BCUT2D eigenvalue weighted by atomic mass is 10.2. The summed E-state index contributed by atoms with van der Waals surface area (Å²) in [6.07, 6.45) is -4.67. The van der Waals surface area contributed by atoms with Gasteiger partial charge in [-0.1, -0.05) is 0 Å². The van der Waals surface area contributed by atoms with Gasteiger partial charge in [0.05, 0.1) is 5.69 Å². The maximum Gasteiger partial charge on any atom is 0.421 e. The van der Waals surface area contributed by atoms with Gasteiger partial charge in [-0.15, -0.1) is 12.4 Å². The first kappa shape index (κ1) is 12.9. The van der Waals surface area contributed by atoms with Crippen LogP contribution >= 0.6 is 12.4 Å². The molecule has 1 aromatic heterocycles. The molecule has 0 aromatic carbocycles. The Morgan fingerprint density at radius 1 is 1.50 bits per heavy atom. The Balaban J connectivity index is 0.00000169. The van der Waals surface area contributed by atoms with Crippen molar-refractivity contribution in [1.29, 1.82) is 0 Å². The molecule has 0 spiro atoms.